The van der Waals surface area contributed by atoms with Crippen molar-refractivity contribution in [2.75, 3.05) is 0 Å². The minimum atomic E-state index is -1.14. The van der Waals surface area contributed by atoms with Gasteiger partial charge in [0.1, 0.15) is 11.5 Å². The summed E-state index contributed by atoms with van der Waals surface area (Å²) in [5.41, 5.74) is 0.852. The first kappa shape index (κ1) is 14.4. The van der Waals surface area contributed by atoms with Crippen LogP contribution in [0.3, 0.4) is 0 Å². The molecule has 1 unspecified atom stereocenters. The molecule has 2 aromatic rings. The van der Waals surface area contributed by atoms with Gasteiger partial charge in [0.25, 0.3) is 5.91 Å². The first-order valence-electron chi connectivity index (χ1n) is 7.17. The molecule has 0 radical (unpaired) electrons. The number of urea groups is 1. The summed E-state index contributed by atoms with van der Waals surface area (Å²) >= 11 is 0. The van der Waals surface area contributed by atoms with Crippen LogP contribution in [0.4, 0.5) is 4.79 Å². The van der Waals surface area contributed by atoms with Crippen molar-refractivity contribution in [3.05, 3.63) is 59.0 Å². The summed E-state index contributed by atoms with van der Waals surface area (Å²) < 4.78 is 5.55. The number of aryl methyl sites for hydroxylation is 2. The zero-order valence-electron chi connectivity index (χ0n) is 12.8. The smallest absolute Gasteiger partial charge is 0.325 e. The molecule has 2 heterocycles. The highest BCUT2D eigenvalue weighted by atomic mass is 16.3. The maximum Gasteiger partial charge on any atom is 0.325 e. The molecule has 1 aliphatic heterocycles. The Bertz CT molecular complexity index is 750. The van der Waals surface area contributed by atoms with Crippen molar-refractivity contribution >= 4 is 11.9 Å². The predicted octanol–water partition coefficient (Wildman–Crippen LogP) is 2.86. The lowest BCUT2D eigenvalue weighted by atomic mass is 9.99. The van der Waals surface area contributed by atoms with Crippen LogP contribution in [-0.2, 0) is 16.9 Å². The molecule has 0 saturated carbocycles. The van der Waals surface area contributed by atoms with Crippen molar-refractivity contribution < 1.29 is 14.0 Å². The molecule has 0 spiro atoms. The van der Waals surface area contributed by atoms with E-state index in [1.807, 2.05) is 31.2 Å². The number of carbonyl (C=O) groups excluding carboxylic acids is 2. The van der Waals surface area contributed by atoms with Gasteiger partial charge < -0.3 is 9.73 Å². The minimum Gasteiger partial charge on any atom is -0.463 e. The van der Waals surface area contributed by atoms with Crippen molar-refractivity contribution in [3.8, 4) is 0 Å². The highest BCUT2D eigenvalue weighted by molar-refractivity contribution is 6.06. The predicted molar refractivity (Wildman–Crippen MR) is 81.1 cm³/mol. The molecule has 3 rings (SSSR count). The van der Waals surface area contributed by atoms with Crippen LogP contribution in [-0.4, -0.2) is 16.8 Å². The minimum absolute atomic E-state index is 0.257. The Hall–Kier alpha value is -2.56. The van der Waals surface area contributed by atoms with E-state index >= 15 is 0 Å². The summed E-state index contributed by atoms with van der Waals surface area (Å²) in [7, 11) is 0. The quantitative estimate of drug-likeness (QED) is 0.886. The van der Waals surface area contributed by atoms with E-state index in [1.54, 1.807) is 26.0 Å². The zero-order valence-corrected chi connectivity index (χ0v) is 12.8. The van der Waals surface area contributed by atoms with Crippen molar-refractivity contribution in [2.24, 2.45) is 0 Å². The van der Waals surface area contributed by atoms with Crippen molar-refractivity contribution in [2.45, 2.75) is 32.9 Å². The summed E-state index contributed by atoms with van der Waals surface area (Å²) in [6.07, 6.45) is 0. The monoisotopic (exact) mass is 298 g/mol. The highest BCUT2D eigenvalue weighted by Crippen LogP contribution is 2.31. The van der Waals surface area contributed by atoms with Crippen LogP contribution in [0.1, 0.15) is 29.6 Å². The van der Waals surface area contributed by atoms with Gasteiger partial charge in [-0.25, -0.2) is 4.79 Å². The number of amides is 3. The fourth-order valence-electron chi connectivity index (χ4n) is 2.67. The molecule has 0 bridgehead atoms. The van der Waals surface area contributed by atoms with Crippen molar-refractivity contribution in [1.29, 1.82) is 0 Å². The second-order valence-corrected chi connectivity index (χ2v) is 5.78. The van der Waals surface area contributed by atoms with E-state index in [-0.39, 0.29) is 12.5 Å². The van der Waals surface area contributed by atoms with E-state index < -0.39 is 11.6 Å². The SMILES string of the molecule is Cc1ccc(C2(C)NC(=O)N(Cc3ccccc3C)C2=O)o1. The number of imide groups is 1. The molecule has 1 aromatic carbocycles. The number of nitrogens with one attached hydrogen (secondary N) is 1. The molecule has 1 N–H and O–H groups in total. The molecule has 5 nitrogen and oxygen atoms in total. The zero-order chi connectivity index (χ0) is 15.9. The van der Waals surface area contributed by atoms with E-state index in [0.29, 0.717) is 11.5 Å². The van der Waals surface area contributed by atoms with Crippen LogP contribution in [0.25, 0.3) is 0 Å². The topological polar surface area (TPSA) is 62.6 Å². The third kappa shape index (κ3) is 2.19. The Morgan fingerprint density at radius 2 is 1.86 bits per heavy atom. The summed E-state index contributed by atoms with van der Waals surface area (Å²) in [5, 5.41) is 2.74. The van der Waals surface area contributed by atoms with Crippen LogP contribution >= 0.6 is 0 Å². The maximum atomic E-state index is 12.7. The summed E-state index contributed by atoms with van der Waals surface area (Å²) in [5.74, 6) is 0.862. The second-order valence-electron chi connectivity index (χ2n) is 5.78. The van der Waals surface area contributed by atoms with E-state index in [1.165, 1.54) is 4.90 Å². The Balaban J connectivity index is 1.90. The summed E-state index contributed by atoms with van der Waals surface area (Å²) in [4.78, 5) is 26.2. The highest BCUT2D eigenvalue weighted by Gasteiger charge is 2.51. The van der Waals surface area contributed by atoms with Gasteiger partial charge >= 0.3 is 6.03 Å². The Kier molecular flexibility index (Phi) is 3.28. The molecule has 0 aliphatic carbocycles. The molecule has 3 amide bonds. The standard InChI is InChI=1S/C17H18N2O3/c1-11-6-4-5-7-13(11)10-19-15(20)17(3,18-16(19)21)14-9-8-12(2)22-14/h4-9H,10H2,1-3H3,(H,18,21). The van der Waals surface area contributed by atoms with Gasteiger partial charge in [0.15, 0.2) is 5.54 Å². The molecule has 1 fully saturated rings. The largest absolute Gasteiger partial charge is 0.463 e. The fourth-order valence-corrected chi connectivity index (χ4v) is 2.67. The number of rotatable bonds is 3. The molecular formula is C17H18N2O3. The molecule has 22 heavy (non-hydrogen) atoms. The number of carbonyl (C=O) groups is 2. The fraction of sp³-hybridized carbons (Fsp3) is 0.294. The van der Waals surface area contributed by atoms with E-state index in [9.17, 15) is 9.59 Å². The van der Waals surface area contributed by atoms with Gasteiger partial charge in [-0.05, 0) is 44.0 Å². The van der Waals surface area contributed by atoms with Crippen LogP contribution in [0.5, 0.6) is 0 Å². The normalized spacial score (nSPS) is 21.3. The summed E-state index contributed by atoms with van der Waals surface area (Å²) in [6, 6.07) is 10.8. The second kappa shape index (κ2) is 5.02. The van der Waals surface area contributed by atoms with Crippen LogP contribution in [0, 0.1) is 13.8 Å². The number of benzene rings is 1. The van der Waals surface area contributed by atoms with Gasteiger partial charge in [-0.15, -0.1) is 0 Å². The van der Waals surface area contributed by atoms with Gasteiger partial charge in [-0.2, -0.15) is 0 Å². The van der Waals surface area contributed by atoms with Gasteiger partial charge in [0, 0.05) is 0 Å². The molecule has 114 valence electrons. The van der Waals surface area contributed by atoms with Gasteiger partial charge in [-0.3, -0.25) is 9.69 Å². The van der Waals surface area contributed by atoms with Crippen LogP contribution < -0.4 is 5.32 Å². The first-order valence-corrected chi connectivity index (χ1v) is 7.17. The lowest BCUT2D eigenvalue weighted by Gasteiger charge is -2.19. The average molecular weight is 298 g/mol. The maximum absolute atomic E-state index is 12.7. The van der Waals surface area contributed by atoms with E-state index in [0.717, 1.165) is 11.1 Å². The first-order chi connectivity index (χ1) is 10.4. The molecule has 1 aromatic heterocycles. The molecule has 1 saturated heterocycles. The molecule has 1 aliphatic rings. The summed E-state index contributed by atoms with van der Waals surface area (Å²) in [6.45, 7) is 5.69. The Morgan fingerprint density at radius 1 is 1.14 bits per heavy atom. The lowest BCUT2D eigenvalue weighted by Crippen LogP contribution is -2.40. The van der Waals surface area contributed by atoms with Gasteiger partial charge in [0.05, 0.1) is 6.54 Å². The third-order valence-corrected chi connectivity index (χ3v) is 4.10. The molecular weight excluding hydrogens is 280 g/mol. The van der Waals surface area contributed by atoms with Crippen molar-refractivity contribution in [1.82, 2.24) is 10.2 Å². The van der Waals surface area contributed by atoms with E-state index in [2.05, 4.69) is 5.32 Å². The van der Waals surface area contributed by atoms with Crippen molar-refractivity contribution in [3.63, 3.8) is 0 Å². The number of hydrogen-bond acceptors (Lipinski definition) is 3. The number of hydrogen-bond donors (Lipinski definition) is 1. The third-order valence-electron chi connectivity index (χ3n) is 4.10. The Morgan fingerprint density at radius 3 is 2.50 bits per heavy atom. The van der Waals surface area contributed by atoms with E-state index in [4.69, 9.17) is 4.42 Å². The molecule has 5 heteroatoms. The van der Waals surface area contributed by atoms with Crippen LogP contribution in [0.2, 0.25) is 0 Å². The van der Waals surface area contributed by atoms with Crippen LogP contribution in [0.15, 0.2) is 40.8 Å². The Labute approximate surface area is 128 Å². The number of furan rings is 1. The average Bonchev–Trinajstić information content (AvgIpc) is 3.00. The number of nitrogens with zero attached hydrogens (tertiary/aromatic N) is 1. The molecule has 1 atom stereocenters. The lowest BCUT2D eigenvalue weighted by molar-refractivity contribution is -0.132. The van der Waals surface area contributed by atoms with Gasteiger partial charge in [-0.1, -0.05) is 24.3 Å². The van der Waals surface area contributed by atoms with Gasteiger partial charge in [0.2, 0.25) is 0 Å².